The van der Waals surface area contributed by atoms with Crippen molar-refractivity contribution < 1.29 is 4.79 Å². The lowest BCUT2D eigenvalue weighted by Gasteiger charge is -2.33. The molecule has 1 saturated heterocycles. The van der Waals surface area contributed by atoms with Crippen LogP contribution < -0.4 is 15.5 Å². The van der Waals surface area contributed by atoms with Crippen LogP contribution in [0.25, 0.3) is 16.6 Å². The molecule has 33 heavy (non-hydrogen) atoms. The van der Waals surface area contributed by atoms with Gasteiger partial charge in [0.25, 0.3) is 5.91 Å². The Balaban J connectivity index is 1.31. The molecule has 1 amide bonds. The number of nitrogens with one attached hydrogen (secondary N) is 2. The Morgan fingerprint density at radius 1 is 1.00 bits per heavy atom. The van der Waals surface area contributed by atoms with E-state index in [1.165, 1.54) is 0 Å². The van der Waals surface area contributed by atoms with E-state index >= 15 is 0 Å². The van der Waals surface area contributed by atoms with Gasteiger partial charge in [0.15, 0.2) is 0 Å². The molecular formula is C24H24N8O. The molecule has 0 aliphatic carbocycles. The van der Waals surface area contributed by atoms with Crippen molar-refractivity contribution in [3.8, 4) is 11.1 Å². The van der Waals surface area contributed by atoms with Crippen LogP contribution in [-0.4, -0.2) is 63.6 Å². The predicted molar refractivity (Wildman–Crippen MR) is 127 cm³/mol. The number of likely N-dealkylation sites (N-methyl/N-ethyl adjacent to an activating group) is 1. The molecule has 9 nitrogen and oxygen atoms in total. The second-order valence-corrected chi connectivity index (χ2v) is 8.48. The number of benzene rings is 1. The molecule has 0 spiro atoms. The van der Waals surface area contributed by atoms with E-state index in [0.29, 0.717) is 17.9 Å². The Bertz CT molecular complexity index is 1340. The van der Waals surface area contributed by atoms with E-state index in [9.17, 15) is 4.79 Å². The summed E-state index contributed by atoms with van der Waals surface area (Å²) in [4.78, 5) is 26.3. The average molecular weight is 441 g/mol. The zero-order chi connectivity index (χ0) is 22.4. The third-order valence-corrected chi connectivity index (χ3v) is 6.46. The molecule has 0 radical (unpaired) electrons. The van der Waals surface area contributed by atoms with Crippen LogP contribution in [-0.2, 0) is 6.54 Å². The number of rotatable bonds is 4. The maximum Gasteiger partial charge on any atom is 0.254 e. The van der Waals surface area contributed by atoms with Crippen molar-refractivity contribution in [1.82, 2.24) is 29.8 Å². The van der Waals surface area contributed by atoms with Crippen molar-refractivity contribution in [2.75, 3.05) is 43.4 Å². The van der Waals surface area contributed by atoms with Gasteiger partial charge >= 0.3 is 0 Å². The minimum Gasteiger partial charge on any atom is -0.368 e. The van der Waals surface area contributed by atoms with Gasteiger partial charge < -0.3 is 20.4 Å². The van der Waals surface area contributed by atoms with Gasteiger partial charge in [0.05, 0.1) is 41.0 Å². The monoisotopic (exact) mass is 440 g/mol. The van der Waals surface area contributed by atoms with E-state index in [0.717, 1.165) is 59.8 Å². The summed E-state index contributed by atoms with van der Waals surface area (Å²) in [5.74, 6) is 0.626. The summed E-state index contributed by atoms with van der Waals surface area (Å²) in [6.07, 6.45) is 9.02. The first-order chi connectivity index (χ1) is 16.2. The van der Waals surface area contributed by atoms with Crippen LogP contribution in [0, 0.1) is 0 Å². The summed E-state index contributed by atoms with van der Waals surface area (Å²) in [5.41, 5.74) is 6.32. The first-order valence-electron chi connectivity index (χ1n) is 11.1. The normalized spacial score (nSPS) is 16.2. The number of carbonyl (C=O) groups is 1. The van der Waals surface area contributed by atoms with Gasteiger partial charge in [-0.2, -0.15) is 5.10 Å². The fourth-order valence-electron chi connectivity index (χ4n) is 4.60. The number of hydrogen-bond donors (Lipinski definition) is 2. The van der Waals surface area contributed by atoms with Gasteiger partial charge in [0.1, 0.15) is 5.82 Å². The van der Waals surface area contributed by atoms with Crippen molar-refractivity contribution in [1.29, 1.82) is 0 Å². The Kier molecular flexibility index (Phi) is 4.69. The van der Waals surface area contributed by atoms with Gasteiger partial charge in [0.2, 0.25) is 0 Å². The Labute approximate surface area is 191 Å². The van der Waals surface area contributed by atoms with Gasteiger partial charge in [-0.25, -0.2) is 9.50 Å². The predicted octanol–water partition coefficient (Wildman–Crippen LogP) is 2.53. The molecule has 1 aromatic carbocycles. The van der Waals surface area contributed by atoms with Crippen LogP contribution in [0.5, 0.6) is 0 Å². The molecule has 2 aliphatic rings. The van der Waals surface area contributed by atoms with Gasteiger partial charge in [0, 0.05) is 50.7 Å². The molecule has 4 aromatic rings. The molecular weight excluding hydrogens is 416 g/mol. The van der Waals surface area contributed by atoms with Crippen LogP contribution >= 0.6 is 0 Å². The van der Waals surface area contributed by atoms with E-state index in [4.69, 9.17) is 0 Å². The number of piperazine rings is 1. The lowest BCUT2D eigenvalue weighted by atomic mass is 9.96. The highest BCUT2D eigenvalue weighted by molar-refractivity contribution is 6.06. The van der Waals surface area contributed by atoms with E-state index in [1.54, 1.807) is 16.9 Å². The van der Waals surface area contributed by atoms with Crippen LogP contribution in [0.3, 0.4) is 0 Å². The summed E-state index contributed by atoms with van der Waals surface area (Å²) in [5, 5.41) is 10.7. The van der Waals surface area contributed by atoms with Crippen molar-refractivity contribution in [3.63, 3.8) is 0 Å². The average Bonchev–Trinajstić information content (AvgIpc) is 3.45. The second-order valence-electron chi connectivity index (χ2n) is 8.48. The minimum atomic E-state index is -0.0852. The highest BCUT2D eigenvalue weighted by Crippen LogP contribution is 2.36. The lowest BCUT2D eigenvalue weighted by Crippen LogP contribution is -2.44. The molecule has 2 N–H and O–H groups in total. The summed E-state index contributed by atoms with van der Waals surface area (Å²) in [6, 6.07) is 8.03. The van der Waals surface area contributed by atoms with E-state index in [-0.39, 0.29) is 5.91 Å². The molecule has 6 rings (SSSR count). The number of anilines is 3. The zero-order valence-corrected chi connectivity index (χ0v) is 18.3. The van der Waals surface area contributed by atoms with E-state index < -0.39 is 0 Å². The largest absolute Gasteiger partial charge is 0.368 e. The zero-order valence-electron chi connectivity index (χ0n) is 18.3. The van der Waals surface area contributed by atoms with Crippen molar-refractivity contribution in [2.45, 2.75) is 6.54 Å². The number of aromatic nitrogens is 4. The molecule has 166 valence electrons. The number of amides is 1. The molecule has 9 heteroatoms. The topological polar surface area (TPSA) is 90.7 Å². The van der Waals surface area contributed by atoms with Crippen molar-refractivity contribution in [3.05, 3.63) is 66.4 Å². The minimum absolute atomic E-state index is 0.0852. The smallest absolute Gasteiger partial charge is 0.254 e. The summed E-state index contributed by atoms with van der Waals surface area (Å²) in [6.45, 7) is 4.58. The quantitative estimate of drug-likeness (QED) is 0.504. The molecule has 0 atom stereocenters. The molecule has 0 unspecified atom stereocenters. The van der Waals surface area contributed by atoms with Crippen LogP contribution in [0.2, 0.25) is 0 Å². The third kappa shape index (κ3) is 3.46. The summed E-state index contributed by atoms with van der Waals surface area (Å²) in [7, 11) is 2.15. The standard InChI is InChI=1S/C24H24N8O/c1-30-8-10-31(11-9-30)16-2-5-22(26-12-16)29-20-4-3-17(19-13-27-24(33)23(19)20)18-14-28-32-7-6-25-15-21(18)32/h2-7,12,14-15H,8-11,13H2,1H3,(H,26,29)(H,27,33). The Morgan fingerprint density at radius 2 is 1.88 bits per heavy atom. The molecule has 1 fully saturated rings. The van der Waals surface area contributed by atoms with Crippen molar-refractivity contribution >= 4 is 28.6 Å². The molecule has 0 saturated carbocycles. The number of pyridine rings is 1. The van der Waals surface area contributed by atoms with Crippen LogP contribution in [0.1, 0.15) is 15.9 Å². The van der Waals surface area contributed by atoms with Crippen LogP contribution in [0.15, 0.2) is 55.2 Å². The first kappa shape index (κ1) is 19.7. The van der Waals surface area contributed by atoms with Gasteiger partial charge in [-0.3, -0.25) is 9.78 Å². The highest BCUT2D eigenvalue weighted by Gasteiger charge is 2.27. The maximum absolute atomic E-state index is 12.7. The fraction of sp³-hybridized carbons (Fsp3) is 0.250. The lowest BCUT2D eigenvalue weighted by molar-refractivity contribution is 0.0966. The number of fused-ring (bicyclic) bond motifs is 2. The second kappa shape index (κ2) is 7.86. The Hall–Kier alpha value is -3.98. The summed E-state index contributed by atoms with van der Waals surface area (Å²) < 4.78 is 1.79. The first-order valence-corrected chi connectivity index (χ1v) is 11.1. The van der Waals surface area contributed by atoms with Gasteiger partial charge in [-0.05, 0) is 36.4 Å². The molecule has 2 aliphatic heterocycles. The van der Waals surface area contributed by atoms with Crippen LogP contribution in [0.4, 0.5) is 17.2 Å². The van der Waals surface area contributed by atoms with Gasteiger partial charge in [-0.1, -0.05) is 6.07 Å². The van der Waals surface area contributed by atoms with E-state index in [1.807, 2.05) is 36.8 Å². The van der Waals surface area contributed by atoms with E-state index in [2.05, 4.69) is 48.6 Å². The molecule has 3 aromatic heterocycles. The SMILES string of the molecule is CN1CCN(c2ccc(Nc3ccc(-c4cnn5ccncc45)c4c3C(=O)NC4)nc2)CC1. The summed E-state index contributed by atoms with van der Waals surface area (Å²) >= 11 is 0. The molecule has 0 bridgehead atoms. The molecule has 5 heterocycles. The number of carbonyl (C=O) groups excluding carboxylic acids is 1. The number of nitrogens with zero attached hydrogens (tertiary/aromatic N) is 6. The van der Waals surface area contributed by atoms with Crippen molar-refractivity contribution in [2.24, 2.45) is 0 Å². The fourth-order valence-corrected chi connectivity index (χ4v) is 4.60. The highest BCUT2D eigenvalue weighted by atomic mass is 16.1. The maximum atomic E-state index is 12.7. The Morgan fingerprint density at radius 3 is 2.70 bits per heavy atom. The van der Waals surface area contributed by atoms with Gasteiger partial charge in [-0.15, -0.1) is 0 Å². The third-order valence-electron chi connectivity index (χ3n) is 6.46. The number of hydrogen-bond acceptors (Lipinski definition) is 7.